The standard InChI is InChI=1S/C21H28O4/c22-15-17-9-7-16(8-10-17)11-12-18-13-14-20(23)19(18)5-3-1-2-4-6-21(24)25/h7-12,18-19,22H,1-6,13-15H2,(H,24,25)/t18-,19+/m1/s1. The summed E-state index contributed by atoms with van der Waals surface area (Å²) in [7, 11) is 0. The van der Waals surface area contributed by atoms with E-state index in [2.05, 4.69) is 12.2 Å². The van der Waals surface area contributed by atoms with Crippen LogP contribution in [0.25, 0.3) is 6.08 Å². The monoisotopic (exact) mass is 344 g/mol. The van der Waals surface area contributed by atoms with Gasteiger partial charge in [-0.15, -0.1) is 0 Å². The fourth-order valence-electron chi connectivity index (χ4n) is 3.50. The molecule has 0 unspecified atom stereocenters. The van der Waals surface area contributed by atoms with E-state index in [-0.39, 0.29) is 18.9 Å². The Balaban J connectivity index is 1.79. The predicted octanol–water partition coefficient (Wildman–Crippen LogP) is 4.21. The van der Waals surface area contributed by atoms with Crippen LogP contribution in [-0.4, -0.2) is 22.0 Å². The van der Waals surface area contributed by atoms with E-state index in [4.69, 9.17) is 10.2 Å². The number of hydrogen-bond acceptors (Lipinski definition) is 3. The maximum Gasteiger partial charge on any atom is 0.303 e. The van der Waals surface area contributed by atoms with Gasteiger partial charge in [-0.3, -0.25) is 9.59 Å². The van der Waals surface area contributed by atoms with Gasteiger partial charge in [0.1, 0.15) is 5.78 Å². The first kappa shape index (κ1) is 19.4. The molecule has 0 aromatic heterocycles. The fourth-order valence-corrected chi connectivity index (χ4v) is 3.50. The minimum Gasteiger partial charge on any atom is -0.481 e. The predicted molar refractivity (Wildman–Crippen MR) is 98.0 cm³/mol. The number of carbonyl (C=O) groups is 2. The lowest BCUT2D eigenvalue weighted by Gasteiger charge is -2.14. The van der Waals surface area contributed by atoms with Gasteiger partial charge in [0.25, 0.3) is 0 Å². The van der Waals surface area contributed by atoms with E-state index in [1.54, 1.807) is 0 Å². The van der Waals surface area contributed by atoms with Gasteiger partial charge in [-0.25, -0.2) is 0 Å². The first-order valence-electron chi connectivity index (χ1n) is 9.22. The zero-order valence-electron chi connectivity index (χ0n) is 14.7. The Morgan fingerprint density at radius 3 is 2.52 bits per heavy atom. The van der Waals surface area contributed by atoms with Crippen LogP contribution in [0.1, 0.15) is 62.5 Å². The van der Waals surface area contributed by atoms with E-state index < -0.39 is 5.97 Å². The van der Waals surface area contributed by atoms with Crippen molar-refractivity contribution in [2.24, 2.45) is 11.8 Å². The lowest BCUT2D eigenvalue weighted by atomic mass is 9.89. The molecule has 0 spiro atoms. The van der Waals surface area contributed by atoms with Crippen LogP contribution in [0.2, 0.25) is 0 Å². The first-order chi connectivity index (χ1) is 12.1. The molecule has 2 rings (SSSR count). The minimum absolute atomic E-state index is 0.0513. The topological polar surface area (TPSA) is 74.6 Å². The number of aliphatic hydroxyl groups excluding tert-OH is 1. The molecule has 2 N–H and O–H groups in total. The Bertz CT molecular complexity index is 588. The van der Waals surface area contributed by atoms with Crippen LogP contribution in [0, 0.1) is 11.8 Å². The average Bonchev–Trinajstić information content (AvgIpc) is 2.96. The van der Waals surface area contributed by atoms with Gasteiger partial charge in [-0.2, -0.15) is 0 Å². The summed E-state index contributed by atoms with van der Waals surface area (Å²) >= 11 is 0. The molecule has 0 saturated heterocycles. The van der Waals surface area contributed by atoms with Gasteiger partial charge < -0.3 is 10.2 Å². The van der Waals surface area contributed by atoms with E-state index in [1.807, 2.05) is 24.3 Å². The van der Waals surface area contributed by atoms with Crippen molar-refractivity contribution in [3.63, 3.8) is 0 Å². The molecule has 136 valence electrons. The van der Waals surface area contributed by atoms with E-state index in [0.29, 0.717) is 18.1 Å². The zero-order valence-corrected chi connectivity index (χ0v) is 14.7. The minimum atomic E-state index is -0.733. The maximum atomic E-state index is 12.1. The van der Waals surface area contributed by atoms with Gasteiger partial charge in [-0.1, -0.05) is 55.7 Å². The van der Waals surface area contributed by atoms with Crippen molar-refractivity contribution in [3.05, 3.63) is 41.5 Å². The SMILES string of the molecule is O=C(O)CCCCCC[C@@H]1C(=O)CC[C@H]1C=Cc1ccc(CO)cc1. The molecule has 0 aliphatic heterocycles. The number of benzene rings is 1. The summed E-state index contributed by atoms with van der Waals surface area (Å²) in [5, 5.41) is 17.7. The van der Waals surface area contributed by atoms with Crippen molar-refractivity contribution in [3.8, 4) is 0 Å². The summed E-state index contributed by atoms with van der Waals surface area (Å²) < 4.78 is 0. The molecule has 1 aromatic carbocycles. The molecule has 0 radical (unpaired) electrons. The molecule has 2 atom stereocenters. The second-order valence-corrected chi connectivity index (χ2v) is 6.88. The van der Waals surface area contributed by atoms with Gasteiger partial charge in [0.2, 0.25) is 0 Å². The number of rotatable bonds is 10. The number of carboxylic acid groups (broad SMARTS) is 1. The van der Waals surface area contributed by atoms with Crippen LogP contribution < -0.4 is 0 Å². The second kappa shape index (κ2) is 10.1. The van der Waals surface area contributed by atoms with Crippen molar-refractivity contribution in [2.45, 2.75) is 58.0 Å². The molecule has 1 aromatic rings. The highest BCUT2D eigenvalue weighted by molar-refractivity contribution is 5.83. The van der Waals surface area contributed by atoms with Crippen LogP contribution in [-0.2, 0) is 16.2 Å². The van der Waals surface area contributed by atoms with Crippen LogP contribution in [0.5, 0.6) is 0 Å². The van der Waals surface area contributed by atoms with E-state index in [0.717, 1.165) is 49.7 Å². The summed E-state index contributed by atoms with van der Waals surface area (Å²) in [4.78, 5) is 22.6. The highest BCUT2D eigenvalue weighted by atomic mass is 16.4. The molecule has 25 heavy (non-hydrogen) atoms. The van der Waals surface area contributed by atoms with Gasteiger partial charge in [-0.05, 0) is 36.3 Å². The molecular formula is C21H28O4. The molecule has 1 aliphatic rings. The quantitative estimate of drug-likeness (QED) is 0.623. The maximum absolute atomic E-state index is 12.1. The van der Waals surface area contributed by atoms with Crippen molar-refractivity contribution in [2.75, 3.05) is 0 Å². The number of ketones is 1. The molecule has 4 nitrogen and oxygen atoms in total. The molecule has 1 saturated carbocycles. The van der Waals surface area contributed by atoms with E-state index in [9.17, 15) is 9.59 Å². The number of Topliss-reactive ketones (excluding diaryl/α,β-unsaturated/α-hetero) is 1. The normalized spacial score (nSPS) is 20.4. The lowest BCUT2D eigenvalue weighted by molar-refractivity contribution is -0.137. The Hall–Kier alpha value is -1.94. The summed E-state index contributed by atoms with van der Waals surface area (Å²) in [6, 6.07) is 7.79. The molecule has 1 aliphatic carbocycles. The molecule has 0 amide bonds. The summed E-state index contributed by atoms with van der Waals surface area (Å²) in [6.07, 6.45) is 10.6. The molecule has 0 heterocycles. The molecule has 1 fully saturated rings. The smallest absolute Gasteiger partial charge is 0.303 e. The molecule has 0 bridgehead atoms. The number of hydrogen-bond donors (Lipinski definition) is 2. The average molecular weight is 344 g/mol. The van der Waals surface area contributed by atoms with Crippen molar-refractivity contribution >= 4 is 17.8 Å². The van der Waals surface area contributed by atoms with Crippen LogP contribution >= 0.6 is 0 Å². The van der Waals surface area contributed by atoms with Crippen LogP contribution in [0.3, 0.4) is 0 Å². The zero-order chi connectivity index (χ0) is 18.1. The first-order valence-corrected chi connectivity index (χ1v) is 9.22. The number of aliphatic carboxylic acids is 1. The number of carbonyl (C=O) groups excluding carboxylic acids is 1. The highest BCUT2D eigenvalue weighted by Gasteiger charge is 2.32. The number of aliphatic hydroxyl groups is 1. The summed E-state index contributed by atoms with van der Waals surface area (Å²) in [5.41, 5.74) is 1.98. The summed E-state index contributed by atoms with van der Waals surface area (Å²) in [6.45, 7) is 0.0513. The third kappa shape index (κ3) is 6.46. The van der Waals surface area contributed by atoms with Gasteiger partial charge in [0, 0.05) is 18.8 Å². The van der Waals surface area contributed by atoms with Gasteiger partial charge >= 0.3 is 5.97 Å². The number of allylic oxidation sites excluding steroid dienone is 1. The highest BCUT2D eigenvalue weighted by Crippen LogP contribution is 2.34. The number of carboxylic acids is 1. The van der Waals surface area contributed by atoms with Gasteiger partial charge in [0.15, 0.2) is 0 Å². The molecule has 4 heteroatoms. The Labute approximate surface area is 149 Å². The Morgan fingerprint density at radius 2 is 1.84 bits per heavy atom. The fraction of sp³-hybridized carbons (Fsp3) is 0.524. The molecular weight excluding hydrogens is 316 g/mol. The summed E-state index contributed by atoms with van der Waals surface area (Å²) in [5.74, 6) is 0.0653. The van der Waals surface area contributed by atoms with E-state index in [1.165, 1.54) is 0 Å². The lowest BCUT2D eigenvalue weighted by Crippen LogP contribution is -2.13. The third-order valence-electron chi connectivity index (χ3n) is 5.01. The van der Waals surface area contributed by atoms with Crippen molar-refractivity contribution < 1.29 is 19.8 Å². The third-order valence-corrected chi connectivity index (χ3v) is 5.01. The van der Waals surface area contributed by atoms with E-state index >= 15 is 0 Å². The Morgan fingerprint density at radius 1 is 1.12 bits per heavy atom. The Kier molecular flexibility index (Phi) is 7.86. The second-order valence-electron chi connectivity index (χ2n) is 6.88. The van der Waals surface area contributed by atoms with Gasteiger partial charge in [0.05, 0.1) is 6.61 Å². The van der Waals surface area contributed by atoms with Crippen LogP contribution in [0.15, 0.2) is 30.3 Å². The van der Waals surface area contributed by atoms with Crippen molar-refractivity contribution in [1.29, 1.82) is 0 Å². The van der Waals surface area contributed by atoms with Crippen LogP contribution in [0.4, 0.5) is 0 Å². The number of unbranched alkanes of at least 4 members (excludes halogenated alkanes) is 3. The van der Waals surface area contributed by atoms with Crippen molar-refractivity contribution in [1.82, 2.24) is 0 Å². The largest absolute Gasteiger partial charge is 0.481 e.